The van der Waals surface area contributed by atoms with E-state index in [4.69, 9.17) is 11.0 Å². The molecule has 122 valence electrons. The molecule has 2 heterocycles. The Morgan fingerprint density at radius 2 is 1.76 bits per heavy atom. The van der Waals surface area contributed by atoms with E-state index in [9.17, 15) is 0 Å². The molecule has 0 aliphatic rings. The van der Waals surface area contributed by atoms with Crippen LogP contribution in [0.3, 0.4) is 0 Å². The smallest absolute Gasteiger partial charge is 0.229 e. The van der Waals surface area contributed by atoms with Gasteiger partial charge in [-0.05, 0) is 44.0 Å². The highest BCUT2D eigenvalue weighted by molar-refractivity contribution is 6.10. The van der Waals surface area contributed by atoms with E-state index >= 15 is 0 Å². The van der Waals surface area contributed by atoms with E-state index in [2.05, 4.69) is 61.6 Å². The first-order chi connectivity index (χ1) is 12.0. The average molecular weight is 327 g/mol. The molecule has 4 rings (SSSR count). The van der Waals surface area contributed by atoms with Crippen molar-refractivity contribution in [2.45, 2.75) is 20.8 Å². The lowest BCUT2D eigenvalue weighted by molar-refractivity contribution is -0.660. The molecule has 4 aromatic rings. The van der Waals surface area contributed by atoms with E-state index in [0.29, 0.717) is 11.3 Å². The van der Waals surface area contributed by atoms with Gasteiger partial charge in [-0.2, -0.15) is 0 Å². The Labute approximate surface area is 147 Å². The highest BCUT2D eigenvalue weighted by atomic mass is 16.3. The maximum absolute atomic E-state index is 7.35. The van der Waals surface area contributed by atoms with E-state index in [1.54, 1.807) is 6.07 Å². The molecule has 0 aliphatic carbocycles. The topological polar surface area (TPSA) is 21.4 Å². The van der Waals surface area contributed by atoms with Crippen molar-refractivity contribution in [3.63, 3.8) is 0 Å². The second-order valence-electron chi connectivity index (χ2n) is 6.67. The molecule has 0 atom stereocenters. The number of aryl methyl sites for hydroxylation is 4. The summed E-state index contributed by atoms with van der Waals surface area (Å²) < 4.78 is 8.22. The third kappa shape index (κ3) is 2.30. The second kappa shape index (κ2) is 5.46. The standard InChI is InChI=1S/C22H19N2O/c1-13-10-20(24(5)12-15(13)3)17-11-21-18(9-14(17)2)16-7-6-8-19(23-4)22(16)25-21/h6-12H,1-3,5H3/q+1. The fourth-order valence-electron chi connectivity index (χ4n) is 3.45. The summed E-state index contributed by atoms with van der Waals surface area (Å²) in [4.78, 5) is 3.58. The zero-order valence-electron chi connectivity index (χ0n) is 14.8. The number of furan rings is 1. The molecule has 0 radical (unpaired) electrons. The largest absolute Gasteiger partial charge is 0.467 e. The van der Waals surface area contributed by atoms with Gasteiger partial charge in [0.15, 0.2) is 6.20 Å². The van der Waals surface area contributed by atoms with Crippen molar-refractivity contribution in [1.29, 1.82) is 0 Å². The summed E-state index contributed by atoms with van der Waals surface area (Å²) in [5.74, 6) is 0. The molecule has 3 heteroatoms. The van der Waals surface area contributed by atoms with Gasteiger partial charge >= 0.3 is 0 Å². The summed E-state index contributed by atoms with van der Waals surface area (Å²) >= 11 is 0. The van der Waals surface area contributed by atoms with Crippen molar-refractivity contribution in [2.75, 3.05) is 0 Å². The van der Waals surface area contributed by atoms with Crippen molar-refractivity contribution in [3.05, 3.63) is 70.7 Å². The molecule has 25 heavy (non-hydrogen) atoms. The van der Waals surface area contributed by atoms with Crippen LogP contribution < -0.4 is 4.57 Å². The van der Waals surface area contributed by atoms with Crippen LogP contribution in [0, 0.1) is 27.3 Å². The summed E-state index contributed by atoms with van der Waals surface area (Å²) in [6.45, 7) is 13.7. The third-order valence-corrected chi connectivity index (χ3v) is 4.96. The van der Waals surface area contributed by atoms with Gasteiger partial charge in [-0.1, -0.05) is 18.2 Å². The minimum Gasteiger partial charge on any atom is -0.467 e. The van der Waals surface area contributed by atoms with Crippen LogP contribution in [-0.4, -0.2) is 0 Å². The molecule has 3 nitrogen and oxygen atoms in total. The lowest BCUT2D eigenvalue weighted by Crippen LogP contribution is -2.31. The van der Waals surface area contributed by atoms with Crippen molar-refractivity contribution >= 4 is 27.6 Å². The number of para-hydroxylation sites is 1. The number of hydrogen-bond donors (Lipinski definition) is 0. The highest BCUT2D eigenvalue weighted by Crippen LogP contribution is 2.37. The summed E-state index contributed by atoms with van der Waals surface area (Å²) in [6.07, 6.45) is 2.16. The quantitative estimate of drug-likeness (QED) is 0.331. The summed E-state index contributed by atoms with van der Waals surface area (Å²) in [6, 6.07) is 12.2. The van der Waals surface area contributed by atoms with Gasteiger partial charge in [0, 0.05) is 22.4 Å². The molecule has 2 aromatic carbocycles. The van der Waals surface area contributed by atoms with E-state index in [1.807, 2.05) is 12.1 Å². The van der Waals surface area contributed by atoms with Crippen LogP contribution in [0.5, 0.6) is 0 Å². The first kappa shape index (κ1) is 15.4. The van der Waals surface area contributed by atoms with Crippen LogP contribution in [0.15, 0.2) is 47.0 Å². The van der Waals surface area contributed by atoms with E-state index in [-0.39, 0.29) is 0 Å². The molecule has 2 aromatic heterocycles. The Morgan fingerprint density at radius 1 is 0.960 bits per heavy atom. The van der Waals surface area contributed by atoms with Gasteiger partial charge in [-0.25, -0.2) is 9.41 Å². The SMILES string of the molecule is [C-]#[N+]c1cccc2c1oc1cc(-c3cc(C)c(C)c[n+]3C)c(C)cc12. The third-order valence-electron chi connectivity index (χ3n) is 4.96. The van der Waals surface area contributed by atoms with E-state index in [1.165, 1.54) is 16.7 Å². The van der Waals surface area contributed by atoms with Crippen molar-refractivity contribution < 1.29 is 8.98 Å². The number of pyridine rings is 1. The Hall–Kier alpha value is -3.12. The minimum atomic E-state index is 0.560. The van der Waals surface area contributed by atoms with Gasteiger partial charge in [0.2, 0.25) is 11.4 Å². The zero-order valence-corrected chi connectivity index (χ0v) is 14.8. The number of hydrogen-bond acceptors (Lipinski definition) is 1. The molecule has 0 bridgehead atoms. The van der Waals surface area contributed by atoms with E-state index < -0.39 is 0 Å². The van der Waals surface area contributed by atoms with Crippen LogP contribution >= 0.6 is 0 Å². The van der Waals surface area contributed by atoms with Crippen LogP contribution in [-0.2, 0) is 7.05 Å². The molecular weight excluding hydrogens is 308 g/mol. The fourth-order valence-corrected chi connectivity index (χ4v) is 3.45. The molecule has 0 amide bonds. The number of rotatable bonds is 1. The molecule has 0 spiro atoms. The van der Waals surface area contributed by atoms with Crippen LogP contribution in [0.4, 0.5) is 5.69 Å². The van der Waals surface area contributed by atoms with Crippen LogP contribution in [0.1, 0.15) is 16.7 Å². The van der Waals surface area contributed by atoms with Gasteiger partial charge in [0.25, 0.3) is 0 Å². The molecule has 0 fully saturated rings. The first-order valence-corrected chi connectivity index (χ1v) is 8.30. The van der Waals surface area contributed by atoms with Gasteiger partial charge in [0.1, 0.15) is 18.2 Å². The summed E-state index contributed by atoms with van der Waals surface area (Å²) in [5, 5.41) is 2.07. The fraction of sp³-hybridized carbons (Fsp3) is 0.182. The average Bonchev–Trinajstić information content (AvgIpc) is 2.95. The van der Waals surface area contributed by atoms with Gasteiger partial charge in [-0.15, -0.1) is 0 Å². The summed E-state index contributed by atoms with van der Waals surface area (Å²) in [7, 11) is 2.07. The Morgan fingerprint density at radius 3 is 2.52 bits per heavy atom. The minimum absolute atomic E-state index is 0.560. The summed E-state index contributed by atoms with van der Waals surface area (Å²) in [5.41, 5.74) is 8.11. The van der Waals surface area contributed by atoms with Crippen molar-refractivity contribution in [3.8, 4) is 11.3 Å². The molecule has 0 saturated carbocycles. The van der Waals surface area contributed by atoms with Crippen molar-refractivity contribution in [2.24, 2.45) is 7.05 Å². The predicted molar refractivity (Wildman–Crippen MR) is 101 cm³/mol. The number of benzene rings is 2. The molecule has 0 unspecified atom stereocenters. The number of aromatic nitrogens is 1. The normalized spacial score (nSPS) is 11.2. The maximum atomic E-state index is 7.35. The van der Waals surface area contributed by atoms with Gasteiger partial charge in [-0.3, -0.25) is 0 Å². The predicted octanol–water partition coefficient (Wildman–Crippen LogP) is 5.55. The Bertz CT molecular complexity index is 1190. The van der Waals surface area contributed by atoms with Gasteiger partial charge in [0.05, 0.1) is 12.1 Å². The maximum Gasteiger partial charge on any atom is 0.229 e. The van der Waals surface area contributed by atoms with Crippen molar-refractivity contribution in [1.82, 2.24) is 0 Å². The Kier molecular flexibility index (Phi) is 3.36. The van der Waals surface area contributed by atoms with Crippen LogP contribution in [0.25, 0.3) is 38.0 Å². The molecule has 0 N–H and O–H groups in total. The number of nitrogens with zero attached hydrogens (tertiary/aromatic N) is 2. The van der Waals surface area contributed by atoms with Gasteiger partial charge < -0.3 is 4.42 Å². The Balaban J connectivity index is 2.05. The molecule has 0 aliphatic heterocycles. The van der Waals surface area contributed by atoms with Crippen LogP contribution in [0.2, 0.25) is 0 Å². The lowest BCUT2D eigenvalue weighted by Gasteiger charge is -2.07. The zero-order chi connectivity index (χ0) is 17.7. The first-order valence-electron chi connectivity index (χ1n) is 8.30. The highest BCUT2D eigenvalue weighted by Gasteiger charge is 2.18. The molecular formula is C22H19N2O+. The molecule has 0 saturated heterocycles. The number of fused-ring (bicyclic) bond motifs is 3. The monoisotopic (exact) mass is 327 g/mol. The van der Waals surface area contributed by atoms with E-state index in [0.717, 1.165) is 27.6 Å². The lowest BCUT2D eigenvalue weighted by atomic mass is 9.99. The second-order valence-corrected chi connectivity index (χ2v) is 6.67.